The molecule has 0 unspecified atom stereocenters. The molecule has 1 aromatic heterocycles. The van der Waals surface area contributed by atoms with Gasteiger partial charge in [0, 0.05) is 29.2 Å². The number of hydrazine groups is 1. The molecule has 1 amide bonds. The van der Waals surface area contributed by atoms with E-state index < -0.39 is 10.1 Å². The van der Waals surface area contributed by atoms with Gasteiger partial charge in [0.15, 0.2) is 5.69 Å². The van der Waals surface area contributed by atoms with Gasteiger partial charge in [0.1, 0.15) is 5.75 Å². The van der Waals surface area contributed by atoms with Crippen LogP contribution in [0.4, 0.5) is 0 Å². The number of nitrogens with zero attached hydrogens (tertiary/aromatic N) is 3. The fraction of sp³-hybridized carbons (Fsp3) is 0.333. The molecule has 37 heavy (non-hydrogen) atoms. The van der Waals surface area contributed by atoms with E-state index in [1.165, 1.54) is 0 Å². The highest BCUT2D eigenvalue weighted by Gasteiger charge is 2.25. The van der Waals surface area contributed by atoms with E-state index >= 15 is 0 Å². The van der Waals surface area contributed by atoms with Gasteiger partial charge in [-0.2, -0.15) is 13.5 Å². The second-order valence-corrected chi connectivity index (χ2v) is 10.8. The van der Waals surface area contributed by atoms with Crippen molar-refractivity contribution >= 4 is 51.6 Å². The molecule has 0 aliphatic carbocycles. The highest BCUT2D eigenvalue weighted by molar-refractivity contribution is 7.87. The number of morpholine rings is 1. The van der Waals surface area contributed by atoms with Crippen molar-refractivity contribution in [1.82, 2.24) is 20.2 Å². The van der Waals surface area contributed by atoms with Crippen LogP contribution in [0.3, 0.4) is 0 Å². The van der Waals surface area contributed by atoms with Crippen LogP contribution in [0, 0.1) is 6.92 Å². The molecule has 200 valence electrons. The number of aromatic nitrogens is 2. The van der Waals surface area contributed by atoms with E-state index in [4.69, 9.17) is 32.1 Å². The van der Waals surface area contributed by atoms with Crippen molar-refractivity contribution in [2.45, 2.75) is 20.3 Å². The summed E-state index contributed by atoms with van der Waals surface area (Å²) in [6.45, 7) is 5.77. The molecule has 0 saturated carbocycles. The first-order chi connectivity index (χ1) is 17.2. The van der Waals surface area contributed by atoms with Gasteiger partial charge in [0.2, 0.25) is 0 Å². The molecule has 3 aromatic rings. The third-order valence-corrected chi connectivity index (χ3v) is 7.44. The highest BCUT2D eigenvalue weighted by Crippen LogP contribution is 2.33. The number of amides is 1. The summed E-state index contributed by atoms with van der Waals surface area (Å²) in [7, 11) is -3.67. The second kappa shape index (κ2) is 12.5. The quantitative estimate of drug-likeness (QED) is 0.381. The molecule has 2 aromatic carbocycles. The summed E-state index contributed by atoms with van der Waals surface area (Å²) < 4.78 is 36.2. The molecule has 1 saturated heterocycles. The zero-order valence-corrected chi connectivity index (χ0v) is 23.4. The third-order valence-electron chi connectivity index (χ3n) is 5.55. The van der Waals surface area contributed by atoms with Crippen LogP contribution in [0.1, 0.15) is 29.4 Å². The van der Waals surface area contributed by atoms with Crippen LogP contribution in [-0.2, 0) is 14.9 Å². The maximum atomic E-state index is 13.2. The molecular weight excluding hydrogens is 563 g/mol. The number of carbonyl (C=O) groups excluding carboxylic acids is 1. The molecule has 1 N–H and O–H groups in total. The molecule has 0 spiro atoms. The van der Waals surface area contributed by atoms with Crippen LogP contribution in [-0.4, -0.2) is 61.2 Å². The van der Waals surface area contributed by atoms with Gasteiger partial charge in [-0.15, -0.1) is 12.4 Å². The van der Waals surface area contributed by atoms with Crippen LogP contribution < -0.4 is 9.61 Å². The lowest BCUT2D eigenvalue weighted by Gasteiger charge is -2.26. The molecule has 0 radical (unpaired) electrons. The number of hydrogen-bond acceptors (Lipinski definition) is 7. The lowest BCUT2D eigenvalue weighted by atomic mass is 10.1. The minimum absolute atomic E-state index is 0. The van der Waals surface area contributed by atoms with Gasteiger partial charge < -0.3 is 8.92 Å². The van der Waals surface area contributed by atoms with Crippen molar-refractivity contribution in [3.63, 3.8) is 0 Å². The molecule has 1 aliphatic rings. The van der Waals surface area contributed by atoms with Gasteiger partial charge in [-0.3, -0.25) is 10.2 Å². The third kappa shape index (κ3) is 6.95. The van der Waals surface area contributed by atoms with Crippen LogP contribution in [0.5, 0.6) is 5.75 Å². The fourth-order valence-corrected chi connectivity index (χ4v) is 5.33. The van der Waals surface area contributed by atoms with Crippen molar-refractivity contribution in [2.24, 2.45) is 0 Å². The Morgan fingerprint density at radius 1 is 1.14 bits per heavy atom. The standard InChI is InChI=1S/C24H26Cl2N4O5S.ClH/c1-3-14-36(32,33)35-19-7-4-17(5-8-19)23-16(2)22(24(31)28-29-10-12-34-13-11-29)27-30(23)21-9-6-18(25)15-20(21)26;/h4-9,15H,3,10-14H2,1-2H3,(H,28,31);1H. The Morgan fingerprint density at radius 3 is 2.43 bits per heavy atom. The van der Waals surface area contributed by atoms with E-state index in [0.29, 0.717) is 65.3 Å². The van der Waals surface area contributed by atoms with Gasteiger partial charge in [-0.25, -0.2) is 9.69 Å². The first-order valence-corrected chi connectivity index (χ1v) is 13.7. The van der Waals surface area contributed by atoms with E-state index in [-0.39, 0.29) is 35.5 Å². The molecule has 1 aliphatic heterocycles. The maximum absolute atomic E-state index is 13.2. The van der Waals surface area contributed by atoms with Gasteiger partial charge in [0.25, 0.3) is 5.91 Å². The monoisotopic (exact) mass is 588 g/mol. The molecule has 1 fully saturated rings. The number of nitrogens with one attached hydrogen (secondary N) is 1. The average molecular weight is 590 g/mol. The smallest absolute Gasteiger partial charge is 0.309 e. The summed E-state index contributed by atoms with van der Waals surface area (Å²) in [6.07, 6.45) is 0.454. The number of rotatable bonds is 8. The topological polar surface area (TPSA) is 103 Å². The molecule has 4 rings (SSSR count). The zero-order valence-electron chi connectivity index (χ0n) is 20.2. The molecule has 0 bridgehead atoms. The summed E-state index contributed by atoms with van der Waals surface area (Å²) in [5.74, 6) is -0.229. The molecular formula is C24H27Cl3N4O5S. The summed E-state index contributed by atoms with van der Waals surface area (Å²) in [5, 5.41) is 7.23. The fourth-order valence-electron chi connectivity index (χ4n) is 3.86. The number of benzene rings is 2. The molecule has 2 heterocycles. The number of hydrogen-bond donors (Lipinski definition) is 1. The van der Waals surface area contributed by atoms with Crippen molar-refractivity contribution in [3.8, 4) is 22.7 Å². The SMILES string of the molecule is CCCS(=O)(=O)Oc1ccc(-c2c(C)c(C(=O)NN3CCOCC3)nn2-c2ccc(Cl)cc2Cl)cc1.Cl. The maximum Gasteiger partial charge on any atom is 0.309 e. The Hall–Kier alpha value is -2.34. The predicted octanol–water partition coefficient (Wildman–Crippen LogP) is 4.67. The first kappa shape index (κ1) is 29.2. The highest BCUT2D eigenvalue weighted by atomic mass is 35.5. The van der Waals surface area contributed by atoms with Crippen LogP contribution >= 0.6 is 35.6 Å². The molecule has 9 nitrogen and oxygen atoms in total. The van der Waals surface area contributed by atoms with Gasteiger partial charge in [-0.05, 0) is 55.8 Å². The lowest BCUT2D eigenvalue weighted by Crippen LogP contribution is -2.48. The van der Waals surface area contributed by atoms with E-state index in [2.05, 4.69) is 10.5 Å². The summed E-state index contributed by atoms with van der Waals surface area (Å²) in [6, 6.07) is 11.6. The van der Waals surface area contributed by atoms with Gasteiger partial charge in [-0.1, -0.05) is 30.1 Å². The van der Waals surface area contributed by atoms with Gasteiger partial charge in [0.05, 0.1) is 35.4 Å². The lowest BCUT2D eigenvalue weighted by molar-refractivity contribution is 0.0124. The minimum Gasteiger partial charge on any atom is -0.382 e. The van der Waals surface area contributed by atoms with Gasteiger partial charge >= 0.3 is 10.1 Å². The first-order valence-electron chi connectivity index (χ1n) is 11.4. The summed E-state index contributed by atoms with van der Waals surface area (Å²) in [5.41, 5.74) is 5.59. The van der Waals surface area contributed by atoms with Crippen LogP contribution in [0.25, 0.3) is 16.9 Å². The second-order valence-electron chi connectivity index (χ2n) is 8.24. The Labute approximate surface area is 232 Å². The number of ether oxygens (including phenoxy) is 1. The average Bonchev–Trinajstić information content (AvgIpc) is 3.17. The Kier molecular flexibility index (Phi) is 9.85. The summed E-state index contributed by atoms with van der Waals surface area (Å²) >= 11 is 12.6. The normalized spacial score (nSPS) is 14.2. The Balaban J connectivity index is 0.00000380. The molecule has 0 atom stereocenters. The minimum atomic E-state index is -3.67. The van der Waals surface area contributed by atoms with Crippen molar-refractivity contribution < 1.29 is 22.1 Å². The number of carbonyl (C=O) groups is 1. The zero-order chi connectivity index (χ0) is 25.9. The number of halogens is 3. The summed E-state index contributed by atoms with van der Waals surface area (Å²) in [4.78, 5) is 13.2. The van der Waals surface area contributed by atoms with Crippen molar-refractivity contribution in [3.05, 3.63) is 63.8 Å². The Bertz CT molecular complexity index is 1360. The predicted molar refractivity (Wildman–Crippen MR) is 146 cm³/mol. The van der Waals surface area contributed by atoms with Crippen molar-refractivity contribution in [1.29, 1.82) is 0 Å². The van der Waals surface area contributed by atoms with Crippen LogP contribution in [0.15, 0.2) is 42.5 Å². The van der Waals surface area contributed by atoms with E-state index in [1.54, 1.807) is 66.0 Å². The van der Waals surface area contributed by atoms with E-state index in [0.717, 1.165) is 0 Å². The Morgan fingerprint density at radius 2 is 1.81 bits per heavy atom. The van der Waals surface area contributed by atoms with E-state index in [1.807, 2.05) is 0 Å². The van der Waals surface area contributed by atoms with Crippen LogP contribution in [0.2, 0.25) is 10.0 Å². The van der Waals surface area contributed by atoms with E-state index in [9.17, 15) is 13.2 Å². The van der Waals surface area contributed by atoms with Crippen molar-refractivity contribution in [2.75, 3.05) is 32.1 Å². The largest absolute Gasteiger partial charge is 0.382 e. The molecule has 13 heteroatoms.